The molecule has 0 aromatic heterocycles. The molecule has 0 radical (unpaired) electrons. The van der Waals surface area contributed by atoms with Crippen LogP contribution >= 0.6 is 0 Å². The predicted molar refractivity (Wildman–Crippen MR) is 50.2 cm³/mol. The number of methoxy groups -OCH3 is 1. The summed E-state index contributed by atoms with van der Waals surface area (Å²) in [5, 5.41) is 8.65. The van der Waals surface area contributed by atoms with Gasteiger partial charge in [0, 0.05) is 13.0 Å². The summed E-state index contributed by atoms with van der Waals surface area (Å²) in [6.07, 6.45) is 1.21. The highest BCUT2D eigenvalue weighted by atomic mass is 16.5. The van der Waals surface area contributed by atoms with Crippen molar-refractivity contribution in [1.82, 2.24) is 0 Å². The highest BCUT2D eigenvalue weighted by molar-refractivity contribution is 5.69. The second kappa shape index (κ2) is 5.94. The molecule has 0 atom stereocenters. The lowest BCUT2D eigenvalue weighted by molar-refractivity contribution is -0.890. The summed E-state index contributed by atoms with van der Waals surface area (Å²) in [6, 6.07) is 0. The maximum Gasteiger partial charge on any atom is 0.311 e. The van der Waals surface area contributed by atoms with E-state index < -0.39 is 0 Å². The molecule has 1 N–H and O–H groups in total. The van der Waals surface area contributed by atoms with Crippen LogP contribution in [-0.4, -0.2) is 56.5 Å². The number of hydrogen-bond acceptors (Lipinski definition) is 3. The Morgan fingerprint density at radius 2 is 2.00 bits per heavy atom. The first kappa shape index (κ1) is 12.4. The number of carbonyl (C=O) groups excluding carboxylic acids is 1. The fraction of sp³-hybridized carbons (Fsp3) is 0.889. The Labute approximate surface area is 79.7 Å². The molecule has 4 heteroatoms. The van der Waals surface area contributed by atoms with Gasteiger partial charge in [-0.05, 0) is 0 Å². The minimum Gasteiger partial charge on any atom is -0.469 e. The zero-order valence-corrected chi connectivity index (χ0v) is 8.75. The molecule has 0 rings (SSSR count). The van der Waals surface area contributed by atoms with Gasteiger partial charge in [0.1, 0.15) is 0 Å². The molecule has 0 heterocycles. The van der Waals surface area contributed by atoms with Crippen LogP contribution in [0.25, 0.3) is 0 Å². The van der Waals surface area contributed by atoms with Crippen molar-refractivity contribution in [3.8, 4) is 0 Å². The largest absolute Gasteiger partial charge is 0.469 e. The second-order valence-electron chi connectivity index (χ2n) is 3.79. The molecule has 0 aromatic carbocycles. The van der Waals surface area contributed by atoms with Crippen LogP contribution in [0.2, 0.25) is 0 Å². The lowest BCUT2D eigenvalue weighted by atomic mass is 10.3. The highest BCUT2D eigenvalue weighted by Gasteiger charge is 2.16. The summed E-state index contributed by atoms with van der Waals surface area (Å²) in [5.41, 5.74) is 0. The minimum atomic E-state index is -0.171. The van der Waals surface area contributed by atoms with E-state index in [1.807, 2.05) is 14.1 Å². The maximum atomic E-state index is 10.9. The number of rotatable bonds is 6. The SMILES string of the molecule is COC(=O)CC[N+](C)(C)CCCO. The number of hydrogen-bond donors (Lipinski definition) is 1. The van der Waals surface area contributed by atoms with Crippen molar-refractivity contribution in [3.63, 3.8) is 0 Å². The van der Waals surface area contributed by atoms with Crippen molar-refractivity contribution < 1.29 is 19.1 Å². The first-order valence-corrected chi connectivity index (χ1v) is 4.51. The van der Waals surface area contributed by atoms with Crippen LogP contribution in [0.1, 0.15) is 12.8 Å². The van der Waals surface area contributed by atoms with Crippen molar-refractivity contribution >= 4 is 5.97 Å². The number of carbonyl (C=O) groups is 1. The van der Waals surface area contributed by atoms with Crippen LogP contribution < -0.4 is 0 Å². The summed E-state index contributed by atoms with van der Waals surface area (Å²) < 4.78 is 5.30. The lowest BCUT2D eigenvalue weighted by Gasteiger charge is -2.29. The summed E-state index contributed by atoms with van der Waals surface area (Å²) >= 11 is 0. The van der Waals surface area contributed by atoms with E-state index in [2.05, 4.69) is 4.74 Å². The molecule has 0 aliphatic rings. The first-order chi connectivity index (χ1) is 6.02. The molecule has 0 aromatic rings. The van der Waals surface area contributed by atoms with Crippen LogP contribution in [0.3, 0.4) is 0 Å². The number of ether oxygens (including phenoxy) is 1. The van der Waals surface area contributed by atoms with Crippen molar-refractivity contribution in [1.29, 1.82) is 0 Å². The Morgan fingerprint density at radius 3 is 2.46 bits per heavy atom. The quantitative estimate of drug-likeness (QED) is 0.474. The number of nitrogens with zero attached hydrogens (tertiary/aromatic N) is 1. The highest BCUT2D eigenvalue weighted by Crippen LogP contribution is 2.01. The monoisotopic (exact) mass is 190 g/mol. The van der Waals surface area contributed by atoms with E-state index in [9.17, 15) is 4.79 Å². The maximum absolute atomic E-state index is 10.9. The minimum absolute atomic E-state index is 0.171. The lowest BCUT2D eigenvalue weighted by Crippen LogP contribution is -2.42. The summed E-state index contributed by atoms with van der Waals surface area (Å²) in [7, 11) is 5.48. The molecule has 0 amide bonds. The van der Waals surface area contributed by atoms with Crippen LogP contribution in [0.5, 0.6) is 0 Å². The zero-order valence-electron chi connectivity index (χ0n) is 8.75. The summed E-state index contributed by atoms with van der Waals surface area (Å²) in [4.78, 5) is 10.9. The van der Waals surface area contributed by atoms with E-state index >= 15 is 0 Å². The molecule has 0 spiro atoms. The van der Waals surface area contributed by atoms with E-state index in [0.29, 0.717) is 6.42 Å². The van der Waals surface area contributed by atoms with Crippen molar-refractivity contribution in [2.75, 3.05) is 40.9 Å². The molecule has 78 valence electrons. The van der Waals surface area contributed by atoms with Gasteiger partial charge in [0.2, 0.25) is 0 Å². The van der Waals surface area contributed by atoms with E-state index in [-0.39, 0.29) is 12.6 Å². The van der Waals surface area contributed by atoms with E-state index in [0.717, 1.165) is 24.0 Å². The Bertz CT molecular complexity index is 157. The van der Waals surface area contributed by atoms with Gasteiger partial charge in [0.15, 0.2) is 0 Å². The zero-order chi connectivity index (χ0) is 10.3. The van der Waals surface area contributed by atoms with Gasteiger partial charge in [-0.15, -0.1) is 0 Å². The van der Waals surface area contributed by atoms with Crippen LogP contribution in [-0.2, 0) is 9.53 Å². The van der Waals surface area contributed by atoms with E-state index in [1.54, 1.807) is 0 Å². The molecule has 0 saturated heterocycles. The Morgan fingerprint density at radius 1 is 1.38 bits per heavy atom. The number of aliphatic hydroxyl groups is 1. The van der Waals surface area contributed by atoms with Crippen molar-refractivity contribution in [2.24, 2.45) is 0 Å². The van der Waals surface area contributed by atoms with Gasteiger partial charge in [-0.3, -0.25) is 4.79 Å². The van der Waals surface area contributed by atoms with Crippen molar-refractivity contribution in [2.45, 2.75) is 12.8 Å². The molecule has 13 heavy (non-hydrogen) atoms. The van der Waals surface area contributed by atoms with Crippen LogP contribution in [0.15, 0.2) is 0 Å². The van der Waals surface area contributed by atoms with Gasteiger partial charge in [-0.25, -0.2) is 0 Å². The van der Waals surface area contributed by atoms with Gasteiger partial charge in [-0.2, -0.15) is 0 Å². The third-order valence-electron chi connectivity index (χ3n) is 2.07. The molecule has 0 aliphatic heterocycles. The van der Waals surface area contributed by atoms with Crippen molar-refractivity contribution in [3.05, 3.63) is 0 Å². The topological polar surface area (TPSA) is 46.5 Å². The molecule has 0 fully saturated rings. The van der Waals surface area contributed by atoms with E-state index in [4.69, 9.17) is 5.11 Å². The van der Waals surface area contributed by atoms with Gasteiger partial charge in [0.05, 0.1) is 40.7 Å². The standard InChI is InChI=1S/C9H20NO3/c1-10(2,6-4-8-11)7-5-9(12)13-3/h11H,4-8H2,1-3H3/q+1. The normalized spacial score (nSPS) is 11.4. The van der Waals surface area contributed by atoms with Crippen LogP contribution in [0.4, 0.5) is 0 Å². The molecular formula is C9H20NO3+. The number of esters is 1. The molecule has 0 aliphatic carbocycles. The Hall–Kier alpha value is -0.610. The second-order valence-corrected chi connectivity index (χ2v) is 3.79. The fourth-order valence-corrected chi connectivity index (χ4v) is 1.11. The Balaban J connectivity index is 3.67. The molecule has 4 nitrogen and oxygen atoms in total. The van der Waals surface area contributed by atoms with Gasteiger partial charge in [0.25, 0.3) is 0 Å². The first-order valence-electron chi connectivity index (χ1n) is 4.51. The van der Waals surface area contributed by atoms with Gasteiger partial charge < -0.3 is 14.3 Å². The number of aliphatic hydroxyl groups excluding tert-OH is 1. The van der Waals surface area contributed by atoms with Gasteiger partial charge >= 0.3 is 5.97 Å². The third kappa shape index (κ3) is 6.54. The molecule has 0 bridgehead atoms. The average molecular weight is 190 g/mol. The predicted octanol–water partition coefficient (Wildman–Crippen LogP) is 0.00830. The molecule has 0 unspecified atom stereocenters. The smallest absolute Gasteiger partial charge is 0.311 e. The van der Waals surface area contributed by atoms with Crippen LogP contribution in [0, 0.1) is 0 Å². The summed E-state index contributed by atoms with van der Waals surface area (Å²) in [5.74, 6) is -0.171. The van der Waals surface area contributed by atoms with Gasteiger partial charge in [-0.1, -0.05) is 0 Å². The fourth-order valence-electron chi connectivity index (χ4n) is 1.11. The molecule has 0 saturated carbocycles. The summed E-state index contributed by atoms with van der Waals surface area (Å²) in [6.45, 7) is 1.85. The Kier molecular flexibility index (Phi) is 5.66. The third-order valence-corrected chi connectivity index (χ3v) is 2.07. The molecular weight excluding hydrogens is 170 g/mol. The number of quaternary nitrogens is 1. The van der Waals surface area contributed by atoms with E-state index in [1.165, 1.54) is 7.11 Å². The average Bonchev–Trinajstić information content (AvgIpc) is 2.11.